The number of carbonyl (C=O) groups is 1. The van der Waals surface area contributed by atoms with Gasteiger partial charge in [0.2, 0.25) is 0 Å². The van der Waals surface area contributed by atoms with Crippen LogP contribution in [0.15, 0.2) is 58.3 Å². The first-order chi connectivity index (χ1) is 14.5. The molecule has 2 aromatic heterocycles. The number of hydrazone groups is 1. The minimum absolute atomic E-state index is 0.0429. The monoisotopic (exact) mass is 406 g/mol. The fourth-order valence-electron chi connectivity index (χ4n) is 2.88. The Morgan fingerprint density at radius 3 is 2.77 bits per heavy atom. The lowest BCUT2D eigenvalue weighted by Gasteiger charge is -2.06. The third-order valence-corrected chi connectivity index (χ3v) is 4.21. The van der Waals surface area contributed by atoms with Crippen molar-refractivity contribution in [3.8, 4) is 11.5 Å². The summed E-state index contributed by atoms with van der Waals surface area (Å²) in [5.74, 6) is -0.126. The number of nitro groups is 1. The Labute approximate surface area is 168 Å². The molecule has 0 fully saturated rings. The number of fused-ring (bicyclic) bond motifs is 1. The number of nitrogen functional groups attached to an aromatic ring is 1. The summed E-state index contributed by atoms with van der Waals surface area (Å²) in [6, 6.07) is 13.2. The highest BCUT2D eigenvalue weighted by Crippen LogP contribution is 2.26. The van der Waals surface area contributed by atoms with Crippen LogP contribution in [-0.4, -0.2) is 36.9 Å². The fraction of sp³-hybridized carbons (Fsp3) is 0.0556. The van der Waals surface area contributed by atoms with Gasteiger partial charge in [-0.2, -0.15) is 5.10 Å². The lowest BCUT2D eigenvalue weighted by molar-refractivity contribution is -0.385. The van der Waals surface area contributed by atoms with Gasteiger partial charge in [-0.15, -0.1) is 0 Å². The molecule has 0 aliphatic heterocycles. The maximum Gasteiger partial charge on any atom is 0.278 e. The molecule has 0 unspecified atom stereocenters. The zero-order chi connectivity index (χ0) is 21.1. The number of nitrogens with two attached hydrogens (primary N) is 1. The molecule has 0 radical (unpaired) electrons. The highest BCUT2D eigenvalue weighted by atomic mass is 16.6. The number of anilines is 1. The van der Waals surface area contributed by atoms with Crippen molar-refractivity contribution in [3.63, 3.8) is 0 Å². The zero-order valence-corrected chi connectivity index (χ0v) is 15.3. The SMILES string of the molecule is Nc1nonc1-c1nc2ccccc2n1CC(=O)N/N=C/c1ccccc1[N+](=O)[O-]. The summed E-state index contributed by atoms with van der Waals surface area (Å²) in [4.78, 5) is 27.5. The predicted octanol–water partition coefficient (Wildman–Crippen LogP) is 1.73. The maximum atomic E-state index is 12.5. The number of imidazole rings is 1. The Balaban J connectivity index is 1.58. The summed E-state index contributed by atoms with van der Waals surface area (Å²) >= 11 is 0. The lowest BCUT2D eigenvalue weighted by Crippen LogP contribution is -2.23. The van der Waals surface area contributed by atoms with Gasteiger partial charge >= 0.3 is 0 Å². The van der Waals surface area contributed by atoms with Crippen LogP contribution in [0.1, 0.15) is 5.56 Å². The standard InChI is InChI=1S/C18H14N8O4/c19-17-16(23-30-24-17)18-21-12-6-2-4-8-14(12)25(18)10-15(27)22-20-9-11-5-1-3-7-13(11)26(28)29/h1-9H,10H2,(H2,19,24)(H,22,27)/b20-9+. The van der Waals surface area contributed by atoms with Crippen molar-refractivity contribution in [2.75, 3.05) is 5.73 Å². The fourth-order valence-corrected chi connectivity index (χ4v) is 2.88. The number of hydrogen-bond donors (Lipinski definition) is 2. The second kappa shape index (κ2) is 7.79. The molecule has 30 heavy (non-hydrogen) atoms. The number of carbonyl (C=O) groups excluding carboxylic acids is 1. The molecule has 0 bridgehead atoms. The van der Waals surface area contributed by atoms with Gasteiger partial charge in [-0.1, -0.05) is 24.3 Å². The number of aromatic nitrogens is 4. The Bertz CT molecular complexity index is 1280. The van der Waals surface area contributed by atoms with Gasteiger partial charge < -0.3 is 10.3 Å². The summed E-state index contributed by atoms with van der Waals surface area (Å²) in [7, 11) is 0. The van der Waals surface area contributed by atoms with Gasteiger partial charge in [-0.3, -0.25) is 14.9 Å². The van der Waals surface area contributed by atoms with Gasteiger partial charge in [-0.25, -0.2) is 15.0 Å². The maximum absolute atomic E-state index is 12.5. The topological polar surface area (TPSA) is 167 Å². The zero-order valence-electron chi connectivity index (χ0n) is 15.3. The molecule has 1 amide bonds. The van der Waals surface area contributed by atoms with E-state index in [2.05, 4.69) is 30.5 Å². The van der Waals surface area contributed by atoms with Gasteiger partial charge in [0.05, 0.1) is 27.7 Å². The number of benzene rings is 2. The smallest absolute Gasteiger partial charge is 0.278 e. The number of hydrogen-bond acceptors (Lipinski definition) is 9. The van der Waals surface area contributed by atoms with E-state index in [1.54, 1.807) is 34.9 Å². The number of nitro benzene ring substituents is 1. The van der Waals surface area contributed by atoms with Crippen molar-refractivity contribution < 1.29 is 14.3 Å². The van der Waals surface area contributed by atoms with Crippen molar-refractivity contribution in [1.29, 1.82) is 0 Å². The molecule has 150 valence electrons. The summed E-state index contributed by atoms with van der Waals surface area (Å²) < 4.78 is 6.24. The number of para-hydroxylation sites is 3. The highest BCUT2D eigenvalue weighted by molar-refractivity contribution is 5.88. The van der Waals surface area contributed by atoms with Gasteiger partial charge in [0, 0.05) is 6.07 Å². The molecular formula is C18H14N8O4. The quantitative estimate of drug-likeness (QED) is 0.277. The van der Waals surface area contributed by atoms with E-state index in [0.717, 1.165) is 0 Å². The summed E-state index contributed by atoms with van der Waals surface area (Å²) in [5.41, 5.74) is 9.79. The third kappa shape index (κ3) is 3.56. The molecule has 4 aromatic rings. The molecule has 0 atom stereocenters. The van der Waals surface area contributed by atoms with Crippen LogP contribution < -0.4 is 11.2 Å². The molecule has 0 aliphatic carbocycles. The lowest BCUT2D eigenvalue weighted by atomic mass is 10.2. The van der Waals surface area contributed by atoms with Crippen molar-refractivity contribution >= 4 is 34.7 Å². The molecular weight excluding hydrogens is 392 g/mol. The number of nitrogens with one attached hydrogen (secondary N) is 1. The Morgan fingerprint density at radius 1 is 1.23 bits per heavy atom. The first kappa shape index (κ1) is 18.7. The van der Waals surface area contributed by atoms with Crippen LogP contribution in [0.4, 0.5) is 11.5 Å². The first-order valence-electron chi connectivity index (χ1n) is 8.63. The molecule has 12 nitrogen and oxygen atoms in total. The van der Waals surface area contributed by atoms with Crippen molar-refractivity contribution in [2.45, 2.75) is 6.54 Å². The summed E-state index contributed by atoms with van der Waals surface area (Å²) in [6.45, 7) is -0.156. The molecule has 0 saturated heterocycles. The van der Waals surface area contributed by atoms with Crippen molar-refractivity contribution in [3.05, 3.63) is 64.2 Å². The Morgan fingerprint density at radius 2 is 2.00 bits per heavy atom. The minimum Gasteiger partial charge on any atom is -0.379 e. The van der Waals surface area contributed by atoms with E-state index < -0.39 is 10.8 Å². The Kier molecular flexibility index (Phi) is 4.87. The minimum atomic E-state index is -0.524. The Hall–Kier alpha value is -4.61. The third-order valence-electron chi connectivity index (χ3n) is 4.21. The summed E-state index contributed by atoms with van der Waals surface area (Å²) in [6.07, 6.45) is 1.21. The van der Waals surface area contributed by atoms with E-state index in [1.165, 1.54) is 18.3 Å². The number of nitrogens with zero attached hydrogens (tertiary/aromatic N) is 6. The van der Waals surface area contributed by atoms with E-state index in [-0.39, 0.29) is 29.3 Å². The van der Waals surface area contributed by atoms with Gasteiger partial charge in [0.15, 0.2) is 17.3 Å². The first-order valence-corrected chi connectivity index (χ1v) is 8.63. The van der Waals surface area contributed by atoms with Crippen molar-refractivity contribution in [1.82, 2.24) is 25.3 Å². The van der Waals surface area contributed by atoms with E-state index in [1.807, 2.05) is 6.07 Å². The molecule has 0 aliphatic rings. The van der Waals surface area contributed by atoms with Crippen LogP contribution in [0.5, 0.6) is 0 Å². The average molecular weight is 406 g/mol. The normalized spacial score (nSPS) is 11.2. The summed E-state index contributed by atoms with van der Waals surface area (Å²) in [5, 5.41) is 22.2. The average Bonchev–Trinajstić information content (AvgIpc) is 3.31. The van der Waals surface area contributed by atoms with Crippen LogP contribution in [0.25, 0.3) is 22.6 Å². The molecule has 2 aromatic carbocycles. The molecule has 3 N–H and O–H groups in total. The van der Waals surface area contributed by atoms with Crippen LogP contribution in [0, 0.1) is 10.1 Å². The van der Waals surface area contributed by atoms with E-state index >= 15 is 0 Å². The van der Waals surface area contributed by atoms with E-state index in [4.69, 9.17) is 5.73 Å². The predicted molar refractivity (Wildman–Crippen MR) is 106 cm³/mol. The molecule has 12 heteroatoms. The van der Waals surface area contributed by atoms with Crippen LogP contribution in [-0.2, 0) is 11.3 Å². The van der Waals surface area contributed by atoms with Gasteiger partial charge in [-0.05, 0) is 28.5 Å². The van der Waals surface area contributed by atoms with Gasteiger partial charge in [0.25, 0.3) is 11.6 Å². The van der Waals surface area contributed by atoms with Crippen LogP contribution >= 0.6 is 0 Å². The molecule has 0 saturated carbocycles. The number of amides is 1. The molecule has 0 spiro atoms. The van der Waals surface area contributed by atoms with Crippen molar-refractivity contribution in [2.24, 2.45) is 5.10 Å². The van der Waals surface area contributed by atoms with E-state index in [9.17, 15) is 14.9 Å². The van der Waals surface area contributed by atoms with Crippen LogP contribution in [0.2, 0.25) is 0 Å². The molecule has 4 rings (SSSR count). The molecule has 2 heterocycles. The highest BCUT2D eigenvalue weighted by Gasteiger charge is 2.20. The van der Waals surface area contributed by atoms with E-state index in [0.29, 0.717) is 16.9 Å². The second-order valence-corrected chi connectivity index (χ2v) is 6.12. The largest absolute Gasteiger partial charge is 0.379 e. The van der Waals surface area contributed by atoms with Crippen LogP contribution in [0.3, 0.4) is 0 Å². The van der Waals surface area contributed by atoms with Gasteiger partial charge in [0.1, 0.15) is 6.54 Å². The second-order valence-electron chi connectivity index (χ2n) is 6.12. The number of rotatable bonds is 6.